The minimum absolute atomic E-state index is 0.114. The van der Waals surface area contributed by atoms with E-state index >= 15 is 0 Å². The zero-order valence-electron chi connectivity index (χ0n) is 7.77. The van der Waals surface area contributed by atoms with Gasteiger partial charge < -0.3 is 15.8 Å². The van der Waals surface area contributed by atoms with Crippen molar-refractivity contribution in [2.75, 3.05) is 19.0 Å². The number of nitrogens with zero attached hydrogens (tertiary/aromatic N) is 3. The summed E-state index contributed by atoms with van der Waals surface area (Å²) in [6, 6.07) is 0. The van der Waals surface area contributed by atoms with Crippen molar-refractivity contribution in [1.82, 2.24) is 4.98 Å². The highest BCUT2D eigenvalue weighted by atomic mass is 32.1. The van der Waals surface area contributed by atoms with Gasteiger partial charge in [0.25, 0.3) is 0 Å². The molecule has 1 aromatic rings. The predicted molar refractivity (Wildman–Crippen MR) is 53.7 cm³/mol. The summed E-state index contributed by atoms with van der Waals surface area (Å²) in [4.78, 5) is 6.85. The number of hydrogen-bond donors (Lipinski definition) is 2. The Labute approximate surface area is 80.5 Å². The fourth-order valence-electron chi connectivity index (χ4n) is 0.857. The number of aromatic nitrogens is 1. The van der Waals surface area contributed by atoms with E-state index in [1.165, 1.54) is 11.3 Å². The molecule has 1 heterocycles. The summed E-state index contributed by atoms with van der Waals surface area (Å²) in [6.45, 7) is 1.83. The van der Waals surface area contributed by atoms with Gasteiger partial charge >= 0.3 is 0 Å². The molecule has 1 rings (SSSR count). The maximum atomic E-state index is 8.49. The highest BCUT2D eigenvalue weighted by Gasteiger charge is 2.11. The first kappa shape index (κ1) is 9.79. The van der Waals surface area contributed by atoms with Crippen LogP contribution in [0.1, 0.15) is 10.6 Å². The second-order valence-corrected chi connectivity index (χ2v) is 3.77. The summed E-state index contributed by atoms with van der Waals surface area (Å²) in [7, 11) is 3.79. The van der Waals surface area contributed by atoms with Gasteiger partial charge in [-0.2, -0.15) is 0 Å². The fraction of sp³-hybridized carbons (Fsp3) is 0.429. The number of nitrogens with two attached hydrogens (primary N) is 1. The van der Waals surface area contributed by atoms with Crippen molar-refractivity contribution in [3.8, 4) is 0 Å². The first-order valence-electron chi connectivity index (χ1n) is 3.69. The molecule has 0 spiro atoms. The minimum atomic E-state index is 0.114. The smallest absolute Gasteiger partial charge is 0.185 e. The van der Waals surface area contributed by atoms with Crippen molar-refractivity contribution >= 4 is 22.3 Å². The molecule has 72 valence electrons. The third-order valence-electron chi connectivity index (χ3n) is 1.51. The molecule has 0 aromatic carbocycles. The molecule has 0 atom stereocenters. The number of oxime groups is 1. The van der Waals surface area contributed by atoms with Gasteiger partial charge in [-0.05, 0) is 6.92 Å². The topological polar surface area (TPSA) is 74.7 Å². The van der Waals surface area contributed by atoms with Gasteiger partial charge in [0.1, 0.15) is 0 Å². The molecule has 3 N–H and O–H groups in total. The quantitative estimate of drug-likeness (QED) is 0.317. The van der Waals surface area contributed by atoms with E-state index in [0.29, 0.717) is 4.88 Å². The Morgan fingerprint density at radius 3 is 2.62 bits per heavy atom. The van der Waals surface area contributed by atoms with Crippen LogP contribution in [-0.2, 0) is 0 Å². The van der Waals surface area contributed by atoms with E-state index in [1.54, 1.807) is 0 Å². The molecule has 0 aliphatic carbocycles. The van der Waals surface area contributed by atoms with Crippen molar-refractivity contribution in [3.05, 3.63) is 10.6 Å². The van der Waals surface area contributed by atoms with Crippen molar-refractivity contribution < 1.29 is 5.21 Å². The summed E-state index contributed by atoms with van der Waals surface area (Å²) in [5, 5.41) is 12.3. The Balaban J connectivity index is 3.10. The lowest BCUT2D eigenvalue weighted by atomic mass is 10.4. The molecule has 0 unspecified atom stereocenters. The van der Waals surface area contributed by atoms with E-state index in [4.69, 9.17) is 10.9 Å². The summed E-state index contributed by atoms with van der Waals surface area (Å²) in [6.07, 6.45) is 0. The standard InChI is InChI=1S/C7H12N4OS/c1-4-5(6(8)10-12)13-7(9-4)11(2)3/h12H,1-3H3,(H2,8,10). The Hall–Kier alpha value is -1.30. The van der Waals surface area contributed by atoms with E-state index in [9.17, 15) is 0 Å². The number of hydrogen-bond acceptors (Lipinski definition) is 5. The van der Waals surface area contributed by atoms with E-state index < -0.39 is 0 Å². The van der Waals surface area contributed by atoms with Crippen LogP contribution in [0.2, 0.25) is 0 Å². The maximum absolute atomic E-state index is 8.49. The molecule has 13 heavy (non-hydrogen) atoms. The highest BCUT2D eigenvalue weighted by Crippen LogP contribution is 2.23. The molecule has 0 fully saturated rings. The lowest BCUT2D eigenvalue weighted by Crippen LogP contribution is -2.12. The molecule has 5 nitrogen and oxygen atoms in total. The van der Waals surface area contributed by atoms with Gasteiger partial charge in [0.05, 0.1) is 10.6 Å². The molecular formula is C7H12N4OS. The fourth-order valence-corrected chi connectivity index (χ4v) is 1.74. The Kier molecular flexibility index (Phi) is 2.72. The number of rotatable bonds is 2. The van der Waals surface area contributed by atoms with E-state index in [-0.39, 0.29) is 5.84 Å². The number of aryl methyl sites for hydroxylation is 1. The molecule has 0 radical (unpaired) electrons. The Morgan fingerprint density at radius 1 is 1.62 bits per heavy atom. The van der Waals surface area contributed by atoms with Gasteiger partial charge in [-0.15, -0.1) is 0 Å². The lowest BCUT2D eigenvalue weighted by molar-refractivity contribution is 0.318. The predicted octanol–water partition coefficient (Wildman–Crippen LogP) is 0.612. The van der Waals surface area contributed by atoms with Crippen LogP contribution >= 0.6 is 11.3 Å². The van der Waals surface area contributed by atoms with Gasteiger partial charge in [-0.3, -0.25) is 0 Å². The number of thiazole rings is 1. The van der Waals surface area contributed by atoms with Crippen molar-refractivity contribution in [2.24, 2.45) is 10.9 Å². The lowest BCUT2D eigenvalue weighted by Gasteiger charge is -2.04. The van der Waals surface area contributed by atoms with Crippen molar-refractivity contribution in [1.29, 1.82) is 0 Å². The largest absolute Gasteiger partial charge is 0.409 e. The van der Waals surface area contributed by atoms with Gasteiger partial charge in [-0.25, -0.2) is 4.98 Å². The number of amidine groups is 1. The van der Waals surface area contributed by atoms with Gasteiger partial charge in [0.15, 0.2) is 11.0 Å². The first-order chi connectivity index (χ1) is 6.06. The average Bonchev–Trinajstić information content (AvgIpc) is 2.46. The van der Waals surface area contributed by atoms with E-state index in [2.05, 4.69) is 10.1 Å². The van der Waals surface area contributed by atoms with Crippen LogP contribution in [0, 0.1) is 6.92 Å². The second-order valence-electron chi connectivity index (χ2n) is 2.79. The Bertz CT molecular complexity index is 331. The normalized spacial score (nSPS) is 11.8. The van der Waals surface area contributed by atoms with Crippen LogP contribution in [0.15, 0.2) is 5.16 Å². The monoisotopic (exact) mass is 200 g/mol. The first-order valence-corrected chi connectivity index (χ1v) is 4.50. The zero-order chi connectivity index (χ0) is 10.0. The molecule has 0 bridgehead atoms. The Morgan fingerprint density at radius 2 is 2.23 bits per heavy atom. The summed E-state index contributed by atoms with van der Waals surface area (Å²) in [5.74, 6) is 0.114. The van der Waals surface area contributed by atoms with Crippen LogP contribution in [0.5, 0.6) is 0 Å². The molecule has 0 saturated carbocycles. The van der Waals surface area contributed by atoms with Crippen molar-refractivity contribution in [2.45, 2.75) is 6.92 Å². The third-order valence-corrected chi connectivity index (χ3v) is 2.86. The second kappa shape index (κ2) is 3.61. The van der Waals surface area contributed by atoms with Crippen LogP contribution in [0.25, 0.3) is 0 Å². The molecule has 0 amide bonds. The minimum Gasteiger partial charge on any atom is -0.409 e. The molecular weight excluding hydrogens is 188 g/mol. The van der Waals surface area contributed by atoms with Crippen LogP contribution < -0.4 is 10.6 Å². The summed E-state index contributed by atoms with van der Waals surface area (Å²) >= 11 is 1.40. The average molecular weight is 200 g/mol. The van der Waals surface area contributed by atoms with Gasteiger partial charge in [-0.1, -0.05) is 16.5 Å². The SMILES string of the molecule is Cc1nc(N(C)C)sc1/C(N)=N\O. The molecule has 1 aromatic heterocycles. The van der Waals surface area contributed by atoms with Gasteiger partial charge in [0, 0.05) is 14.1 Å². The van der Waals surface area contributed by atoms with Crippen LogP contribution in [0.3, 0.4) is 0 Å². The highest BCUT2D eigenvalue weighted by molar-refractivity contribution is 7.17. The van der Waals surface area contributed by atoms with Crippen molar-refractivity contribution in [3.63, 3.8) is 0 Å². The maximum Gasteiger partial charge on any atom is 0.185 e. The molecule has 0 aliphatic rings. The van der Waals surface area contributed by atoms with Gasteiger partial charge in [0.2, 0.25) is 0 Å². The van der Waals surface area contributed by atoms with Crippen LogP contribution in [-0.4, -0.2) is 30.1 Å². The number of anilines is 1. The summed E-state index contributed by atoms with van der Waals surface area (Å²) in [5.41, 5.74) is 6.24. The van der Waals surface area contributed by atoms with E-state index in [1.807, 2.05) is 25.9 Å². The zero-order valence-corrected chi connectivity index (χ0v) is 8.59. The molecule has 0 aliphatic heterocycles. The molecule has 6 heteroatoms. The van der Waals surface area contributed by atoms with E-state index in [0.717, 1.165) is 10.8 Å². The van der Waals surface area contributed by atoms with Crippen LogP contribution in [0.4, 0.5) is 5.13 Å². The third kappa shape index (κ3) is 1.89. The molecule has 0 saturated heterocycles. The summed E-state index contributed by atoms with van der Waals surface area (Å²) < 4.78 is 0.